The Kier molecular flexibility index (Phi) is 8.20. The number of amides is 1. The monoisotopic (exact) mass is 568 g/mol. The number of hydrogen-bond donors (Lipinski definition) is 1. The summed E-state index contributed by atoms with van der Waals surface area (Å²) in [7, 11) is 0.314. The molecule has 1 N–H and O–H groups in total. The zero-order valence-corrected chi connectivity index (χ0v) is 24.7. The molecule has 1 heterocycles. The maximum absolute atomic E-state index is 14.0. The summed E-state index contributed by atoms with van der Waals surface area (Å²) in [6, 6.07) is 14.9. The SMILES string of the molecule is COc1ccc2c(c1)OC(C)(C)CC2NC(=O)CN(c1cc(C)cc(C)c1)S(=O)(=O)c1ccc(OC)c(OC)c1. The fourth-order valence-corrected chi connectivity index (χ4v) is 6.39. The molecule has 0 aliphatic carbocycles. The number of methoxy groups -OCH3 is 3. The van der Waals surface area contributed by atoms with Crippen molar-refractivity contribution in [2.24, 2.45) is 0 Å². The van der Waals surface area contributed by atoms with Crippen molar-refractivity contribution >= 4 is 21.6 Å². The van der Waals surface area contributed by atoms with Gasteiger partial charge in [0, 0.05) is 24.1 Å². The predicted molar refractivity (Wildman–Crippen MR) is 153 cm³/mol. The number of aryl methyl sites for hydroxylation is 2. The van der Waals surface area contributed by atoms with E-state index < -0.39 is 28.1 Å². The van der Waals surface area contributed by atoms with Crippen LogP contribution in [0, 0.1) is 13.8 Å². The first-order chi connectivity index (χ1) is 18.9. The van der Waals surface area contributed by atoms with Crippen LogP contribution < -0.4 is 28.6 Å². The number of carbonyl (C=O) groups excluding carboxylic acids is 1. The summed E-state index contributed by atoms with van der Waals surface area (Å²) in [5.74, 6) is 1.47. The lowest BCUT2D eigenvalue weighted by molar-refractivity contribution is -0.120. The second kappa shape index (κ2) is 11.3. The van der Waals surface area contributed by atoms with Gasteiger partial charge in [-0.25, -0.2) is 8.42 Å². The summed E-state index contributed by atoms with van der Waals surface area (Å²) >= 11 is 0. The molecule has 0 radical (unpaired) electrons. The molecule has 0 fully saturated rings. The molecule has 1 aliphatic rings. The molecule has 0 spiro atoms. The van der Waals surface area contributed by atoms with Crippen LogP contribution in [0.1, 0.15) is 43.0 Å². The quantitative estimate of drug-likeness (QED) is 0.390. The van der Waals surface area contributed by atoms with E-state index in [2.05, 4.69) is 5.32 Å². The molecule has 1 unspecified atom stereocenters. The average molecular weight is 569 g/mol. The Morgan fingerprint density at radius 2 is 1.62 bits per heavy atom. The predicted octanol–water partition coefficient (Wildman–Crippen LogP) is 4.94. The van der Waals surface area contributed by atoms with E-state index in [4.69, 9.17) is 18.9 Å². The highest BCUT2D eigenvalue weighted by Crippen LogP contribution is 2.41. The fraction of sp³-hybridized carbons (Fsp3) is 0.367. The number of fused-ring (bicyclic) bond motifs is 1. The summed E-state index contributed by atoms with van der Waals surface area (Å²) in [5.41, 5.74) is 2.37. The molecule has 10 heteroatoms. The molecule has 0 saturated heterocycles. The summed E-state index contributed by atoms with van der Waals surface area (Å²) in [5, 5.41) is 3.05. The van der Waals surface area contributed by atoms with Crippen molar-refractivity contribution in [3.05, 3.63) is 71.3 Å². The topological polar surface area (TPSA) is 103 Å². The molecule has 3 aromatic rings. The smallest absolute Gasteiger partial charge is 0.264 e. The van der Waals surface area contributed by atoms with Gasteiger partial charge in [-0.1, -0.05) is 6.07 Å². The van der Waals surface area contributed by atoms with E-state index in [1.165, 1.54) is 32.4 Å². The Labute approximate surface area is 236 Å². The third-order valence-electron chi connectivity index (χ3n) is 6.74. The van der Waals surface area contributed by atoms with Gasteiger partial charge in [0.1, 0.15) is 23.6 Å². The number of ether oxygens (including phenoxy) is 4. The molecule has 1 amide bonds. The summed E-state index contributed by atoms with van der Waals surface area (Å²) < 4.78 is 51.3. The number of sulfonamides is 1. The van der Waals surface area contributed by atoms with Crippen molar-refractivity contribution in [2.45, 2.75) is 50.7 Å². The Morgan fingerprint density at radius 1 is 0.950 bits per heavy atom. The van der Waals surface area contributed by atoms with Gasteiger partial charge in [-0.3, -0.25) is 9.10 Å². The van der Waals surface area contributed by atoms with Crippen molar-refractivity contribution in [1.29, 1.82) is 0 Å². The van der Waals surface area contributed by atoms with E-state index in [-0.39, 0.29) is 16.7 Å². The second-order valence-corrected chi connectivity index (χ2v) is 12.3. The first kappa shape index (κ1) is 29.1. The van der Waals surface area contributed by atoms with Gasteiger partial charge < -0.3 is 24.3 Å². The minimum absolute atomic E-state index is 0.0262. The fourth-order valence-electron chi connectivity index (χ4n) is 4.97. The second-order valence-electron chi connectivity index (χ2n) is 10.5. The minimum atomic E-state index is -4.18. The number of carbonyl (C=O) groups is 1. The maximum Gasteiger partial charge on any atom is 0.264 e. The van der Waals surface area contributed by atoms with Crippen molar-refractivity contribution in [3.8, 4) is 23.0 Å². The zero-order valence-electron chi connectivity index (χ0n) is 23.9. The standard InChI is InChI=1S/C30H36N2O7S/c1-19-12-20(2)14-21(13-19)32(40(34,35)23-9-11-26(37-6)28(16-23)38-7)18-29(33)31-25-17-30(3,4)39-27-15-22(36-5)8-10-24(25)27/h8-16,25H,17-18H2,1-7H3,(H,31,33). The van der Waals surface area contributed by atoms with E-state index >= 15 is 0 Å². The molecule has 1 aliphatic heterocycles. The lowest BCUT2D eigenvalue weighted by Crippen LogP contribution is -2.45. The first-order valence-electron chi connectivity index (χ1n) is 12.9. The van der Waals surface area contributed by atoms with Crippen LogP contribution in [0.15, 0.2) is 59.5 Å². The molecular formula is C30H36N2O7S. The highest BCUT2D eigenvalue weighted by molar-refractivity contribution is 7.92. The number of rotatable bonds is 9. The van der Waals surface area contributed by atoms with Gasteiger partial charge in [-0.05, 0) is 75.2 Å². The number of nitrogens with one attached hydrogen (secondary N) is 1. The van der Waals surface area contributed by atoms with Crippen molar-refractivity contribution < 1.29 is 32.2 Å². The van der Waals surface area contributed by atoms with Gasteiger partial charge in [-0.2, -0.15) is 0 Å². The normalized spacial score (nSPS) is 15.8. The minimum Gasteiger partial charge on any atom is -0.497 e. The van der Waals surface area contributed by atoms with E-state index in [1.54, 1.807) is 25.3 Å². The largest absolute Gasteiger partial charge is 0.497 e. The Bertz CT molecular complexity index is 1500. The van der Waals surface area contributed by atoms with Crippen LogP contribution in [0.5, 0.6) is 23.0 Å². The summed E-state index contributed by atoms with van der Waals surface area (Å²) in [4.78, 5) is 13.6. The van der Waals surface area contributed by atoms with Gasteiger partial charge in [0.15, 0.2) is 11.5 Å². The molecule has 4 rings (SSSR count). The molecule has 9 nitrogen and oxygen atoms in total. The average Bonchev–Trinajstić information content (AvgIpc) is 2.89. The van der Waals surface area contributed by atoms with Crippen molar-refractivity contribution in [2.75, 3.05) is 32.2 Å². The highest BCUT2D eigenvalue weighted by atomic mass is 32.2. The van der Waals surface area contributed by atoms with Gasteiger partial charge in [0.25, 0.3) is 10.0 Å². The van der Waals surface area contributed by atoms with Gasteiger partial charge in [-0.15, -0.1) is 0 Å². The van der Waals surface area contributed by atoms with Gasteiger partial charge in [0.2, 0.25) is 5.91 Å². The van der Waals surface area contributed by atoms with Crippen molar-refractivity contribution in [1.82, 2.24) is 5.32 Å². The molecule has 0 saturated carbocycles. The molecule has 40 heavy (non-hydrogen) atoms. The zero-order chi connectivity index (χ0) is 29.2. The van der Waals surface area contributed by atoms with Crippen LogP contribution in [-0.2, 0) is 14.8 Å². The van der Waals surface area contributed by atoms with Crippen LogP contribution in [0.25, 0.3) is 0 Å². The highest BCUT2D eigenvalue weighted by Gasteiger charge is 2.36. The van der Waals surface area contributed by atoms with Crippen LogP contribution in [0.4, 0.5) is 5.69 Å². The number of hydrogen-bond acceptors (Lipinski definition) is 7. The van der Waals surface area contributed by atoms with Crippen LogP contribution in [0.2, 0.25) is 0 Å². The molecule has 214 valence electrons. The van der Waals surface area contributed by atoms with Crippen LogP contribution in [0.3, 0.4) is 0 Å². The van der Waals surface area contributed by atoms with E-state index in [0.717, 1.165) is 21.0 Å². The molecule has 1 atom stereocenters. The van der Waals surface area contributed by atoms with Gasteiger partial charge >= 0.3 is 0 Å². The number of nitrogens with zero attached hydrogens (tertiary/aromatic N) is 1. The Morgan fingerprint density at radius 3 is 2.25 bits per heavy atom. The summed E-state index contributed by atoms with van der Waals surface area (Å²) in [6.07, 6.45) is 0.504. The molecular weight excluding hydrogens is 532 g/mol. The van der Waals surface area contributed by atoms with E-state index in [0.29, 0.717) is 29.4 Å². The van der Waals surface area contributed by atoms with Gasteiger partial charge in [0.05, 0.1) is 38.0 Å². The molecule has 3 aromatic carbocycles. The van der Waals surface area contributed by atoms with E-state index in [1.807, 2.05) is 45.9 Å². The third-order valence-corrected chi connectivity index (χ3v) is 8.51. The first-order valence-corrected chi connectivity index (χ1v) is 14.3. The lowest BCUT2D eigenvalue weighted by atomic mass is 9.89. The Balaban J connectivity index is 1.70. The lowest BCUT2D eigenvalue weighted by Gasteiger charge is -2.38. The number of benzene rings is 3. The van der Waals surface area contributed by atoms with Crippen molar-refractivity contribution in [3.63, 3.8) is 0 Å². The Hall–Kier alpha value is -3.92. The summed E-state index contributed by atoms with van der Waals surface area (Å²) in [6.45, 7) is 7.22. The molecule has 0 bridgehead atoms. The van der Waals surface area contributed by atoms with Crippen LogP contribution in [-0.4, -0.2) is 47.8 Å². The van der Waals surface area contributed by atoms with E-state index in [9.17, 15) is 13.2 Å². The maximum atomic E-state index is 14.0. The third kappa shape index (κ3) is 6.12. The van der Waals surface area contributed by atoms with Crippen LogP contribution >= 0.6 is 0 Å². The molecule has 0 aromatic heterocycles. The number of anilines is 1.